The van der Waals surface area contributed by atoms with Crippen LogP contribution >= 0.6 is 0 Å². The third kappa shape index (κ3) is 3.79. The lowest BCUT2D eigenvalue weighted by molar-refractivity contribution is 0.204. The van der Waals surface area contributed by atoms with Crippen molar-refractivity contribution < 1.29 is 4.39 Å². The summed E-state index contributed by atoms with van der Waals surface area (Å²) in [5.74, 6) is 1.42. The molecular formula is C17H26FN. The number of nitrogens with one attached hydrogen (secondary N) is 1. The van der Waals surface area contributed by atoms with Gasteiger partial charge in [0, 0.05) is 12.6 Å². The van der Waals surface area contributed by atoms with E-state index in [0.29, 0.717) is 6.04 Å². The second-order valence-corrected chi connectivity index (χ2v) is 6.26. The van der Waals surface area contributed by atoms with E-state index >= 15 is 0 Å². The summed E-state index contributed by atoms with van der Waals surface area (Å²) in [4.78, 5) is 0. The Hall–Kier alpha value is -0.890. The number of benzene rings is 1. The number of rotatable bonds is 4. The van der Waals surface area contributed by atoms with Crippen LogP contribution < -0.4 is 5.32 Å². The van der Waals surface area contributed by atoms with Gasteiger partial charge in [0.2, 0.25) is 0 Å². The zero-order valence-corrected chi connectivity index (χ0v) is 12.4. The minimum absolute atomic E-state index is 0.110. The average molecular weight is 263 g/mol. The second-order valence-electron chi connectivity index (χ2n) is 6.26. The first kappa shape index (κ1) is 14.5. The van der Waals surface area contributed by atoms with Crippen molar-refractivity contribution in [2.24, 2.45) is 11.8 Å². The zero-order valence-electron chi connectivity index (χ0n) is 12.4. The minimum atomic E-state index is -0.110. The smallest absolute Gasteiger partial charge is 0.126 e. The first-order valence-corrected chi connectivity index (χ1v) is 7.56. The van der Waals surface area contributed by atoms with E-state index in [2.05, 4.69) is 19.2 Å². The molecule has 1 nitrogen and oxygen atoms in total. The number of halogens is 1. The molecule has 0 aromatic heterocycles. The van der Waals surface area contributed by atoms with Crippen molar-refractivity contribution >= 4 is 0 Å². The fourth-order valence-corrected chi connectivity index (χ4v) is 3.28. The molecule has 1 aliphatic rings. The predicted molar refractivity (Wildman–Crippen MR) is 78.6 cm³/mol. The van der Waals surface area contributed by atoms with Crippen LogP contribution in [-0.4, -0.2) is 6.04 Å². The van der Waals surface area contributed by atoms with Crippen LogP contribution in [0.15, 0.2) is 18.2 Å². The highest BCUT2D eigenvalue weighted by molar-refractivity contribution is 5.23. The van der Waals surface area contributed by atoms with Crippen LogP contribution in [0.25, 0.3) is 0 Å². The van der Waals surface area contributed by atoms with Gasteiger partial charge in [-0.15, -0.1) is 0 Å². The van der Waals surface area contributed by atoms with Gasteiger partial charge >= 0.3 is 0 Å². The lowest BCUT2D eigenvalue weighted by Crippen LogP contribution is -2.40. The van der Waals surface area contributed by atoms with Crippen molar-refractivity contribution in [2.75, 3.05) is 0 Å². The Morgan fingerprint density at radius 2 is 2.00 bits per heavy atom. The molecule has 1 saturated carbocycles. The Balaban J connectivity index is 1.94. The van der Waals surface area contributed by atoms with Gasteiger partial charge in [0.05, 0.1) is 0 Å². The first-order chi connectivity index (χ1) is 9.08. The van der Waals surface area contributed by atoms with E-state index in [1.165, 1.54) is 31.2 Å². The molecule has 0 amide bonds. The molecule has 0 bridgehead atoms. The second kappa shape index (κ2) is 6.51. The molecule has 1 aromatic carbocycles. The molecule has 1 N–H and O–H groups in total. The van der Waals surface area contributed by atoms with E-state index in [1.807, 2.05) is 19.1 Å². The standard InChI is InChI=1S/C17H26FN/c1-12(2)15-6-4-5-7-17(15)19-11-14-8-9-16(18)13(3)10-14/h8-10,12,15,17,19H,4-7,11H2,1-3H3. The van der Waals surface area contributed by atoms with Gasteiger partial charge in [-0.1, -0.05) is 38.8 Å². The van der Waals surface area contributed by atoms with Crippen LogP contribution in [0.1, 0.15) is 50.7 Å². The van der Waals surface area contributed by atoms with E-state index < -0.39 is 0 Å². The molecule has 0 radical (unpaired) electrons. The third-order valence-electron chi connectivity index (χ3n) is 4.47. The van der Waals surface area contributed by atoms with Crippen molar-refractivity contribution in [3.8, 4) is 0 Å². The van der Waals surface area contributed by atoms with Crippen molar-refractivity contribution in [2.45, 2.75) is 59.0 Å². The van der Waals surface area contributed by atoms with Crippen molar-refractivity contribution in [3.63, 3.8) is 0 Å². The van der Waals surface area contributed by atoms with Crippen LogP contribution in [0.3, 0.4) is 0 Å². The summed E-state index contributed by atoms with van der Waals surface area (Å²) in [6.45, 7) is 7.34. The quantitative estimate of drug-likeness (QED) is 0.847. The maximum atomic E-state index is 13.2. The van der Waals surface area contributed by atoms with E-state index in [-0.39, 0.29) is 5.82 Å². The van der Waals surface area contributed by atoms with Gasteiger partial charge in [0.1, 0.15) is 5.82 Å². The molecule has 1 fully saturated rings. The molecule has 0 saturated heterocycles. The van der Waals surface area contributed by atoms with Gasteiger partial charge in [-0.3, -0.25) is 0 Å². The first-order valence-electron chi connectivity index (χ1n) is 7.56. The Kier molecular flexibility index (Phi) is 4.98. The number of hydrogen-bond acceptors (Lipinski definition) is 1. The summed E-state index contributed by atoms with van der Waals surface area (Å²) in [7, 11) is 0. The van der Waals surface area contributed by atoms with E-state index in [4.69, 9.17) is 0 Å². The van der Waals surface area contributed by atoms with Gasteiger partial charge in [-0.25, -0.2) is 4.39 Å². The summed E-state index contributed by atoms with van der Waals surface area (Å²) in [5, 5.41) is 3.69. The number of aryl methyl sites for hydroxylation is 1. The van der Waals surface area contributed by atoms with Crippen LogP contribution in [0, 0.1) is 24.6 Å². The van der Waals surface area contributed by atoms with E-state index in [9.17, 15) is 4.39 Å². The van der Waals surface area contributed by atoms with E-state index in [1.54, 1.807) is 6.07 Å². The lowest BCUT2D eigenvalue weighted by Gasteiger charge is -2.35. The van der Waals surface area contributed by atoms with E-state index in [0.717, 1.165) is 23.9 Å². The Labute approximate surface area is 116 Å². The van der Waals surface area contributed by atoms with Crippen molar-refractivity contribution in [1.29, 1.82) is 0 Å². The highest BCUT2D eigenvalue weighted by Gasteiger charge is 2.26. The fourth-order valence-electron chi connectivity index (χ4n) is 3.28. The van der Waals surface area contributed by atoms with Gasteiger partial charge in [0.15, 0.2) is 0 Å². The minimum Gasteiger partial charge on any atom is -0.310 e. The van der Waals surface area contributed by atoms with Gasteiger partial charge in [0.25, 0.3) is 0 Å². The van der Waals surface area contributed by atoms with Crippen molar-refractivity contribution in [3.05, 3.63) is 35.1 Å². The van der Waals surface area contributed by atoms with Gasteiger partial charge in [-0.05, 0) is 48.8 Å². The predicted octanol–water partition coefficient (Wildman–Crippen LogP) is 4.44. The lowest BCUT2D eigenvalue weighted by atomic mass is 9.78. The topological polar surface area (TPSA) is 12.0 Å². The van der Waals surface area contributed by atoms with Crippen LogP contribution in [-0.2, 0) is 6.54 Å². The molecule has 2 rings (SSSR count). The molecule has 2 unspecified atom stereocenters. The number of hydrogen-bond donors (Lipinski definition) is 1. The molecule has 1 aromatic rings. The summed E-state index contributed by atoms with van der Waals surface area (Å²) in [6, 6.07) is 6.05. The zero-order chi connectivity index (χ0) is 13.8. The molecule has 0 heterocycles. The largest absolute Gasteiger partial charge is 0.310 e. The van der Waals surface area contributed by atoms with Crippen LogP contribution in [0.4, 0.5) is 4.39 Å². The average Bonchev–Trinajstić information content (AvgIpc) is 2.40. The fraction of sp³-hybridized carbons (Fsp3) is 0.647. The molecule has 106 valence electrons. The Morgan fingerprint density at radius 3 is 2.68 bits per heavy atom. The molecule has 2 heteroatoms. The van der Waals surface area contributed by atoms with Crippen LogP contribution in [0.5, 0.6) is 0 Å². The van der Waals surface area contributed by atoms with Gasteiger partial charge < -0.3 is 5.32 Å². The Bertz CT molecular complexity index is 414. The Morgan fingerprint density at radius 1 is 1.26 bits per heavy atom. The molecule has 1 aliphatic carbocycles. The monoisotopic (exact) mass is 263 g/mol. The maximum absolute atomic E-state index is 13.2. The highest BCUT2D eigenvalue weighted by Crippen LogP contribution is 2.30. The third-order valence-corrected chi connectivity index (χ3v) is 4.47. The molecule has 2 atom stereocenters. The summed E-state index contributed by atoms with van der Waals surface area (Å²) in [6.07, 6.45) is 5.33. The molecular weight excluding hydrogens is 237 g/mol. The molecule has 0 spiro atoms. The van der Waals surface area contributed by atoms with Crippen molar-refractivity contribution in [1.82, 2.24) is 5.32 Å². The van der Waals surface area contributed by atoms with Gasteiger partial charge in [-0.2, -0.15) is 0 Å². The van der Waals surface area contributed by atoms with Crippen LogP contribution in [0.2, 0.25) is 0 Å². The SMILES string of the molecule is Cc1cc(CNC2CCCCC2C(C)C)ccc1F. The molecule has 19 heavy (non-hydrogen) atoms. The summed E-state index contributed by atoms with van der Waals surface area (Å²) >= 11 is 0. The normalized spacial score (nSPS) is 23.8. The molecule has 0 aliphatic heterocycles. The summed E-state index contributed by atoms with van der Waals surface area (Å²) in [5.41, 5.74) is 1.93. The highest BCUT2D eigenvalue weighted by atomic mass is 19.1. The summed E-state index contributed by atoms with van der Waals surface area (Å²) < 4.78 is 13.2. The maximum Gasteiger partial charge on any atom is 0.126 e.